The molecule has 9 heteroatoms. The minimum atomic E-state index is -3.02. The van der Waals surface area contributed by atoms with E-state index < -0.39 is 16.1 Å². The van der Waals surface area contributed by atoms with Crippen LogP contribution in [0.25, 0.3) is 0 Å². The molecule has 2 atom stereocenters. The molecule has 0 aliphatic carbocycles. The maximum atomic E-state index is 12.0. The third kappa shape index (κ3) is 8.89. The molecule has 2 unspecified atom stereocenters. The first-order chi connectivity index (χ1) is 10.7. The van der Waals surface area contributed by atoms with Crippen LogP contribution in [0, 0.1) is 0 Å². The van der Waals surface area contributed by atoms with Crippen LogP contribution in [-0.4, -0.2) is 61.8 Å². The third-order valence-corrected chi connectivity index (χ3v) is 7.17. The first kappa shape index (κ1) is 23.4. The van der Waals surface area contributed by atoms with Crippen LogP contribution < -0.4 is 0 Å². The molecule has 0 radical (unpaired) electrons. The summed E-state index contributed by atoms with van der Waals surface area (Å²) in [4.78, 5) is 10.2. The van der Waals surface area contributed by atoms with Crippen molar-refractivity contribution in [3.63, 3.8) is 0 Å². The quantitative estimate of drug-likeness (QED) is 0.494. The molecule has 0 saturated heterocycles. The number of hydrogen-bond donors (Lipinski definition) is 1. The Morgan fingerprint density at radius 2 is 1.57 bits per heavy atom. The fourth-order valence-electron chi connectivity index (χ4n) is 2.26. The van der Waals surface area contributed by atoms with E-state index in [0.29, 0.717) is 19.4 Å². The van der Waals surface area contributed by atoms with E-state index in [0.717, 1.165) is 0 Å². The molecule has 7 nitrogen and oxygen atoms in total. The van der Waals surface area contributed by atoms with E-state index in [4.69, 9.17) is 18.3 Å². The van der Waals surface area contributed by atoms with Gasteiger partial charge in [-0.2, -0.15) is 0 Å². The maximum absolute atomic E-state index is 12.0. The fourth-order valence-corrected chi connectivity index (χ4v) is 4.57. The topological polar surface area (TPSA) is 77.5 Å². The zero-order valence-electron chi connectivity index (χ0n) is 15.4. The van der Waals surface area contributed by atoms with Crippen molar-refractivity contribution in [1.82, 2.24) is 4.67 Å². The van der Waals surface area contributed by atoms with E-state index in [1.807, 2.05) is 32.4 Å². The largest absolute Gasteiger partial charge is 0.381 e. The standard InChI is InChI=1S/C14H33NO6P2/c1-12(2)15(13(3)4)22(16)21-10-8-14(18-5)9-11-23(17,19-6)20-7/h12-14,16H,8-11H2,1-7H3. The molecule has 0 spiro atoms. The lowest BCUT2D eigenvalue weighted by atomic mass is 10.2. The highest BCUT2D eigenvalue weighted by Crippen LogP contribution is 2.47. The lowest BCUT2D eigenvalue weighted by Crippen LogP contribution is -2.33. The first-order valence-electron chi connectivity index (χ1n) is 7.84. The second kappa shape index (κ2) is 11.9. The molecule has 23 heavy (non-hydrogen) atoms. The number of hydrogen-bond acceptors (Lipinski definition) is 7. The molecule has 1 N–H and O–H groups in total. The van der Waals surface area contributed by atoms with E-state index in [-0.39, 0.29) is 24.3 Å². The minimum absolute atomic E-state index is 0.122. The van der Waals surface area contributed by atoms with Crippen LogP contribution in [0.2, 0.25) is 0 Å². The monoisotopic (exact) mass is 373 g/mol. The molecular weight excluding hydrogens is 340 g/mol. The van der Waals surface area contributed by atoms with Crippen LogP contribution in [0.4, 0.5) is 0 Å². The number of nitrogens with zero attached hydrogens (tertiary/aromatic N) is 1. The highest BCUT2D eigenvalue weighted by molar-refractivity contribution is 7.53. The van der Waals surface area contributed by atoms with Gasteiger partial charge in [-0.1, -0.05) is 0 Å². The molecule has 0 aromatic heterocycles. The number of rotatable bonds is 13. The molecule has 0 bridgehead atoms. The molecule has 0 aliphatic heterocycles. The van der Waals surface area contributed by atoms with E-state index in [2.05, 4.69) is 0 Å². The molecule has 0 heterocycles. The van der Waals surface area contributed by atoms with Gasteiger partial charge in [-0.3, -0.25) is 4.57 Å². The SMILES string of the molecule is COC(CCOP(O)N(C(C)C)C(C)C)CCP(=O)(OC)OC. The highest BCUT2D eigenvalue weighted by Gasteiger charge is 2.25. The van der Waals surface area contributed by atoms with Gasteiger partial charge in [0.15, 0.2) is 0 Å². The summed E-state index contributed by atoms with van der Waals surface area (Å²) in [5, 5.41) is 0. The lowest BCUT2D eigenvalue weighted by Gasteiger charge is -2.33. The Hall–Kier alpha value is 0.420. The van der Waals surface area contributed by atoms with E-state index in [1.165, 1.54) is 14.2 Å². The summed E-state index contributed by atoms with van der Waals surface area (Å²) in [7, 11) is -0.285. The van der Waals surface area contributed by atoms with E-state index in [1.54, 1.807) is 7.11 Å². The van der Waals surface area contributed by atoms with Crippen molar-refractivity contribution in [1.29, 1.82) is 0 Å². The van der Waals surface area contributed by atoms with Gasteiger partial charge in [-0.05, 0) is 40.5 Å². The molecule has 0 fully saturated rings. The Kier molecular flexibility index (Phi) is 12.1. The Morgan fingerprint density at radius 3 is 1.96 bits per heavy atom. The Labute approximate surface area is 142 Å². The molecule has 0 aliphatic rings. The second-order valence-corrected chi connectivity index (χ2v) is 9.41. The molecule has 0 aromatic rings. The maximum Gasteiger partial charge on any atom is 0.330 e. The first-order valence-corrected chi connectivity index (χ1v) is 10.7. The zero-order chi connectivity index (χ0) is 18.0. The Morgan fingerprint density at radius 1 is 1.04 bits per heavy atom. The van der Waals surface area contributed by atoms with Crippen molar-refractivity contribution in [2.45, 2.75) is 58.7 Å². The van der Waals surface area contributed by atoms with Gasteiger partial charge < -0.3 is 23.2 Å². The smallest absolute Gasteiger partial charge is 0.330 e. The van der Waals surface area contributed by atoms with Crippen LogP contribution in [-0.2, 0) is 22.9 Å². The van der Waals surface area contributed by atoms with Gasteiger partial charge in [0.1, 0.15) is 0 Å². The molecule has 0 rings (SSSR count). The predicted octanol–water partition coefficient (Wildman–Crippen LogP) is 3.62. The fraction of sp³-hybridized carbons (Fsp3) is 1.00. The molecule has 0 amide bonds. The summed E-state index contributed by atoms with van der Waals surface area (Å²) in [6, 6.07) is 0.414. The van der Waals surface area contributed by atoms with Crippen molar-refractivity contribution in [2.75, 3.05) is 34.1 Å². The Balaban J connectivity index is 4.29. The van der Waals surface area contributed by atoms with E-state index >= 15 is 0 Å². The van der Waals surface area contributed by atoms with Gasteiger partial charge in [0.25, 0.3) is 8.53 Å². The van der Waals surface area contributed by atoms with Crippen LogP contribution in [0.15, 0.2) is 0 Å². The summed E-state index contributed by atoms with van der Waals surface area (Å²) in [5.41, 5.74) is 0. The molecule has 0 saturated carbocycles. The average molecular weight is 373 g/mol. The van der Waals surface area contributed by atoms with Crippen molar-refractivity contribution in [2.24, 2.45) is 0 Å². The van der Waals surface area contributed by atoms with Gasteiger partial charge in [0.2, 0.25) is 0 Å². The summed E-state index contributed by atoms with van der Waals surface area (Å²) in [5.74, 6) is 0. The molecule has 0 aromatic carbocycles. The molecular formula is C14H33NO6P2. The zero-order valence-corrected chi connectivity index (χ0v) is 17.2. The number of methoxy groups -OCH3 is 1. The van der Waals surface area contributed by atoms with Gasteiger partial charge in [-0.15, -0.1) is 0 Å². The van der Waals surface area contributed by atoms with E-state index in [9.17, 15) is 9.46 Å². The molecule has 140 valence electrons. The minimum Gasteiger partial charge on any atom is -0.381 e. The normalized spacial score (nSPS) is 15.6. The average Bonchev–Trinajstić information content (AvgIpc) is 2.49. The summed E-state index contributed by atoms with van der Waals surface area (Å²) >= 11 is 0. The summed E-state index contributed by atoms with van der Waals surface area (Å²) in [6.07, 6.45) is 1.31. The van der Waals surface area contributed by atoms with Gasteiger partial charge in [-0.25, -0.2) is 4.67 Å². The summed E-state index contributed by atoms with van der Waals surface area (Å²) in [6.45, 7) is 8.49. The predicted molar refractivity (Wildman–Crippen MR) is 93.7 cm³/mol. The lowest BCUT2D eigenvalue weighted by molar-refractivity contribution is 0.0750. The third-order valence-electron chi connectivity index (χ3n) is 3.52. The van der Waals surface area contributed by atoms with Crippen molar-refractivity contribution < 1.29 is 27.8 Å². The summed E-state index contributed by atoms with van der Waals surface area (Å²) < 4.78 is 34.7. The highest BCUT2D eigenvalue weighted by atomic mass is 31.2. The van der Waals surface area contributed by atoms with Gasteiger partial charge in [0, 0.05) is 33.4 Å². The van der Waals surface area contributed by atoms with Crippen molar-refractivity contribution >= 4 is 16.1 Å². The van der Waals surface area contributed by atoms with Crippen LogP contribution in [0.1, 0.15) is 40.5 Å². The van der Waals surface area contributed by atoms with Crippen molar-refractivity contribution in [3.05, 3.63) is 0 Å². The van der Waals surface area contributed by atoms with Gasteiger partial charge >= 0.3 is 7.60 Å². The van der Waals surface area contributed by atoms with Gasteiger partial charge in [0.05, 0.1) is 18.9 Å². The van der Waals surface area contributed by atoms with Crippen LogP contribution >= 0.6 is 16.1 Å². The van der Waals surface area contributed by atoms with Crippen molar-refractivity contribution in [3.8, 4) is 0 Å². The van der Waals surface area contributed by atoms with Crippen LogP contribution in [0.3, 0.4) is 0 Å². The number of ether oxygens (including phenoxy) is 1. The van der Waals surface area contributed by atoms with Crippen LogP contribution in [0.5, 0.6) is 0 Å². The Bertz CT molecular complexity index is 340. The second-order valence-electron chi connectivity index (χ2n) is 5.79.